The van der Waals surface area contributed by atoms with Crippen LogP contribution in [0.5, 0.6) is 0 Å². The Labute approximate surface area is 223 Å². The van der Waals surface area contributed by atoms with E-state index in [0.717, 1.165) is 105 Å². The third kappa shape index (κ3) is 5.35. The number of hydrogen-bond donors (Lipinski definition) is 3. The van der Waals surface area contributed by atoms with Gasteiger partial charge >= 0.3 is 0 Å². The molecule has 0 bridgehead atoms. The van der Waals surface area contributed by atoms with Gasteiger partial charge in [0.2, 0.25) is 0 Å². The van der Waals surface area contributed by atoms with Crippen molar-refractivity contribution in [3.05, 3.63) is 63.1 Å². The second-order valence-corrected chi connectivity index (χ2v) is 11.2. The first kappa shape index (κ1) is 24.7. The number of H-pyrrole nitrogens is 1. The van der Waals surface area contributed by atoms with E-state index in [4.69, 9.17) is 21.3 Å². The number of aliphatic hydroxyl groups is 1. The molecule has 0 amide bonds. The standard InChI is InChI=1S/C29H36ClN5O2/c1-18-26-24(14-21(30)15-25(26)34-33-18)27(28(36)19-8-9-19)35-16-23(17-35)37-13-4-2-3-7-22-11-10-20-6-5-12-31-29(20)32-22/h10-11,14-15,23,27,36H,2-9,12-13,16-17H2,1H3,(H,31,32)(H,33,34). The van der Waals surface area contributed by atoms with Crippen LogP contribution in [0.15, 0.2) is 35.6 Å². The number of aromatic nitrogens is 3. The third-order valence-corrected chi connectivity index (χ3v) is 8.09. The normalized spacial score (nSPS) is 18.4. The van der Waals surface area contributed by atoms with E-state index in [1.54, 1.807) is 0 Å². The van der Waals surface area contributed by atoms with Gasteiger partial charge in [-0.05, 0) is 86.8 Å². The third-order valence-electron chi connectivity index (χ3n) is 7.87. The van der Waals surface area contributed by atoms with Crippen molar-refractivity contribution in [2.45, 2.75) is 70.4 Å². The SMILES string of the molecule is Cc1[nH]nc2cc(Cl)cc(C(C(O)=C3CC3)N3CC(OCCCCCc4ccc5c(n4)NCCC5)C3)c12. The zero-order chi connectivity index (χ0) is 25.4. The first-order valence-corrected chi connectivity index (χ1v) is 14.1. The Balaban J connectivity index is 0.997. The van der Waals surface area contributed by atoms with Gasteiger partial charge in [0.25, 0.3) is 0 Å². The fourth-order valence-corrected chi connectivity index (χ4v) is 5.90. The Morgan fingerprint density at radius 2 is 2.05 bits per heavy atom. The lowest BCUT2D eigenvalue weighted by Crippen LogP contribution is -2.54. The quantitative estimate of drug-likeness (QED) is 0.223. The fourth-order valence-electron chi connectivity index (χ4n) is 5.68. The largest absolute Gasteiger partial charge is 0.510 e. The molecule has 2 aliphatic heterocycles. The van der Waals surface area contributed by atoms with Crippen LogP contribution >= 0.6 is 11.6 Å². The molecule has 1 atom stereocenters. The highest BCUT2D eigenvalue weighted by molar-refractivity contribution is 6.31. The van der Waals surface area contributed by atoms with E-state index in [1.807, 2.05) is 19.1 Å². The summed E-state index contributed by atoms with van der Waals surface area (Å²) in [5, 5.41) is 23.8. The lowest BCUT2D eigenvalue weighted by atomic mass is 9.94. The van der Waals surface area contributed by atoms with Crippen molar-refractivity contribution in [1.82, 2.24) is 20.1 Å². The van der Waals surface area contributed by atoms with Gasteiger partial charge in [0, 0.05) is 48.0 Å². The number of rotatable bonds is 10. The van der Waals surface area contributed by atoms with Gasteiger partial charge in [-0.3, -0.25) is 10.00 Å². The number of anilines is 1. The molecule has 196 valence electrons. The summed E-state index contributed by atoms with van der Waals surface area (Å²) in [5.41, 5.74) is 6.54. The van der Waals surface area contributed by atoms with E-state index in [-0.39, 0.29) is 12.1 Å². The van der Waals surface area contributed by atoms with Crippen molar-refractivity contribution in [3.8, 4) is 0 Å². The predicted molar refractivity (Wildman–Crippen MR) is 147 cm³/mol. The number of hydrogen-bond acceptors (Lipinski definition) is 6. The number of benzene rings is 1. The Morgan fingerprint density at radius 1 is 1.19 bits per heavy atom. The number of fused-ring (bicyclic) bond motifs is 2. The summed E-state index contributed by atoms with van der Waals surface area (Å²) in [4.78, 5) is 7.11. The lowest BCUT2D eigenvalue weighted by Gasteiger charge is -2.44. The number of pyridine rings is 1. The number of nitrogens with one attached hydrogen (secondary N) is 2. The molecule has 3 aromatic rings. The van der Waals surface area contributed by atoms with Gasteiger partial charge < -0.3 is 15.2 Å². The molecule has 8 heteroatoms. The Hall–Kier alpha value is -2.61. The average Bonchev–Trinajstić information content (AvgIpc) is 3.66. The van der Waals surface area contributed by atoms with Crippen molar-refractivity contribution < 1.29 is 9.84 Å². The smallest absolute Gasteiger partial charge is 0.129 e. The number of halogens is 1. The monoisotopic (exact) mass is 521 g/mol. The second-order valence-electron chi connectivity index (χ2n) is 10.7. The van der Waals surface area contributed by atoms with E-state index in [1.165, 1.54) is 17.7 Å². The zero-order valence-electron chi connectivity index (χ0n) is 21.5. The van der Waals surface area contributed by atoms with Gasteiger partial charge in [0.15, 0.2) is 0 Å². The van der Waals surface area contributed by atoms with Crippen LogP contribution in [0, 0.1) is 6.92 Å². The maximum absolute atomic E-state index is 11.1. The summed E-state index contributed by atoms with van der Waals surface area (Å²) in [6.45, 7) is 5.44. The van der Waals surface area contributed by atoms with Crippen LogP contribution in [-0.2, 0) is 17.6 Å². The molecule has 1 aliphatic carbocycles. The molecule has 7 nitrogen and oxygen atoms in total. The highest BCUT2D eigenvalue weighted by Gasteiger charge is 2.39. The van der Waals surface area contributed by atoms with Gasteiger partial charge in [0.05, 0.1) is 17.7 Å². The number of likely N-dealkylation sites (tertiary alicyclic amines) is 1. The van der Waals surface area contributed by atoms with E-state index >= 15 is 0 Å². The molecule has 0 spiro atoms. The van der Waals surface area contributed by atoms with Crippen molar-refractivity contribution in [1.29, 1.82) is 0 Å². The number of nitrogens with zero attached hydrogens (tertiary/aromatic N) is 3. The molecule has 37 heavy (non-hydrogen) atoms. The minimum Gasteiger partial charge on any atom is -0.510 e. The van der Waals surface area contributed by atoms with E-state index in [2.05, 4.69) is 32.5 Å². The molecular formula is C29H36ClN5O2. The van der Waals surface area contributed by atoms with Crippen molar-refractivity contribution in [2.24, 2.45) is 0 Å². The maximum atomic E-state index is 11.1. The van der Waals surface area contributed by atoms with Crippen molar-refractivity contribution in [3.63, 3.8) is 0 Å². The molecule has 4 heterocycles. The van der Waals surface area contributed by atoms with E-state index in [9.17, 15) is 5.11 Å². The highest BCUT2D eigenvalue weighted by Crippen LogP contribution is 2.43. The van der Waals surface area contributed by atoms with Crippen LogP contribution in [0.3, 0.4) is 0 Å². The molecule has 3 N–H and O–H groups in total. The maximum Gasteiger partial charge on any atom is 0.129 e. The molecule has 2 aromatic heterocycles. The predicted octanol–water partition coefficient (Wildman–Crippen LogP) is 6.04. The summed E-state index contributed by atoms with van der Waals surface area (Å²) in [6, 6.07) is 8.09. The number of ether oxygens (including phenoxy) is 1. The van der Waals surface area contributed by atoms with E-state index < -0.39 is 0 Å². The first-order chi connectivity index (χ1) is 18.1. The van der Waals surface area contributed by atoms with Gasteiger partial charge in [-0.15, -0.1) is 0 Å². The fraction of sp³-hybridized carbons (Fsp3) is 0.517. The molecule has 1 aromatic carbocycles. The number of unbranched alkanes of at least 4 members (excludes halogenated alkanes) is 2. The Bertz CT molecular complexity index is 1310. The van der Waals surface area contributed by atoms with Gasteiger partial charge in [-0.1, -0.05) is 24.1 Å². The van der Waals surface area contributed by atoms with Crippen LogP contribution in [0.2, 0.25) is 5.02 Å². The molecule has 1 saturated carbocycles. The van der Waals surface area contributed by atoms with Crippen LogP contribution < -0.4 is 5.32 Å². The number of allylic oxidation sites excluding steroid dienone is 1. The lowest BCUT2D eigenvalue weighted by molar-refractivity contribution is -0.0726. The second kappa shape index (κ2) is 10.6. The summed E-state index contributed by atoms with van der Waals surface area (Å²) >= 11 is 6.45. The number of aromatic amines is 1. The van der Waals surface area contributed by atoms with E-state index in [0.29, 0.717) is 10.8 Å². The van der Waals surface area contributed by atoms with Gasteiger partial charge in [-0.2, -0.15) is 5.10 Å². The summed E-state index contributed by atoms with van der Waals surface area (Å²) in [6.07, 6.45) is 8.82. The molecule has 6 rings (SSSR count). The van der Waals surface area contributed by atoms with Crippen LogP contribution in [0.4, 0.5) is 5.82 Å². The molecule has 1 saturated heterocycles. The molecule has 2 fully saturated rings. The molecular weight excluding hydrogens is 486 g/mol. The first-order valence-electron chi connectivity index (χ1n) is 13.7. The van der Waals surface area contributed by atoms with Crippen LogP contribution in [0.1, 0.15) is 67.1 Å². The topological polar surface area (TPSA) is 86.3 Å². The summed E-state index contributed by atoms with van der Waals surface area (Å²) in [7, 11) is 0. The molecule has 3 aliphatic rings. The van der Waals surface area contributed by atoms with Gasteiger partial charge in [-0.25, -0.2) is 4.98 Å². The van der Waals surface area contributed by atoms with Crippen molar-refractivity contribution in [2.75, 3.05) is 31.6 Å². The Kier molecular flexibility index (Phi) is 7.10. The summed E-state index contributed by atoms with van der Waals surface area (Å²) in [5.74, 6) is 1.57. The van der Waals surface area contributed by atoms with Crippen LogP contribution in [-0.4, -0.2) is 57.5 Å². The van der Waals surface area contributed by atoms with Gasteiger partial charge in [0.1, 0.15) is 11.6 Å². The molecule has 1 unspecified atom stereocenters. The minimum absolute atomic E-state index is 0.201. The Morgan fingerprint density at radius 3 is 2.89 bits per heavy atom. The van der Waals surface area contributed by atoms with Crippen molar-refractivity contribution >= 4 is 28.3 Å². The number of aryl methyl sites for hydroxylation is 3. The number of aliphatic hydroxyl groups excluding tert-OH is 1. The average molecular weight is 522 g/mol. The summed E-state index contributed by atoms with van der Waals surface area (Å²) < 4.78 is 6.19. The van der Waals surface area contributed by atoms with Crippen LogP contribution in [0.25, 0.3) is 10.9 Å². The molecule has 0 radical (unpaired) electrons. The zero-order valence-corrected chi connectivity index (χ0v) is 22.3. The minimum atomic E-state index is -0.201. The highest BCUT2D eigenvalue weighted by atomic mass is 35.5.